The molecule has 0 aliphatic heterocycles. The molecule has 2 aromatic carbocycles. The number of fused-ring (bicyclic) bond motifs is 1. The Kier molecular flexibility index (Phi) is 6.11. The van der Waals surface area contributed by atoms with E-state index in [-0.39, 0.29) is 31.4 Å². The Morgan fingerprint density at radius 3 is 2.27 bits per heavy atom. The zero-order valence-electron chi connectivity index (χ0n) is 21.3. The molecule has 1 atom stereocenters. The monoisotopic (exact) mass is 561 g/mol. The van der Waals surface area contributed by atoms with Crippen molar-refractivity contribution < 1.29 is 22.9 Å². The number of carbonyl (C=O) groups excluding carboxylic acids is 2. The van der Waals surface area contributed by atoms with Crippen molar-refractivity contribution in [2.24, 2.45) is 0 Å². The van der Waals surface area contributed by atoms with Crippen molar-refractivity contribution in [2.45, 2.75) is 55.0 Å². The van der Waals surface area contributed by atoms with Crippen LogP contribution >= 0.6 is 9.24 Å². The molecule has 2 aliphatic rings. The first-order valence-electron chi connectivity index (χ1n) is 12.8. The van der Waals surface area contributed by atoms with E-state index >= 15 is 0 Å². The molecule has 12 heteroatoms. The number of benzene rings is 2. The number of amides is 2. The topological polar surface area (TPSA) is 154 Å². The lowest BCUT2D eigenvalue weighted by Gasteiger charge is -2.41. The van der Waals surface area contributed by atoms with Gasteiger partial charge in [0.2, 0.25) is 5.91 Å². The van der Waals surface area contributed by atoms with Crippen LogP contribution in [0.1, 0.15) is 49.1 Å². The molecule has 1 unspecified atom stereocenters. The lowest BCUT2D eigenvalue weighted by molar-refractivity contribution is -0.130. The van der Waals surface area contributed by atoms with Gasteiger partial charge in [0.1, 0.15) is 22.1 Å². The van der Waals surface area contributed by atoms with Gasteiger partial charge in [0, 0.05) is 10.9 Å². The summed E-state index contributed by atoms with van der Waals surface area (Å²) < 4.78 is 25.1. The molecule has 2 aromatic heterocycles. The highest BCUT2D eigenvalue weighted by Gasteiger charge is 2.52. The fourth-order valence-electron chi connectivity index (χ4n) is 5.00. The van der Waals surface area contributed by atoms with Crippen molar-refractivity contribution in [2.75, 3.05) is 0 Å². The van der Waals surface area contributed by atoms with Crippen LogP contribution in [0.3, 0.4) is 0 Å². The second kappa shape index (κ2) is 9.42. The molecule has 0 spiro atoms. The summed E-state index contributed by atoms with van der Waals surface area (Å²) in [6, 6.07) is 16.5. The van der Waals surface area contributed by atoms with Crippen molar-refractivity contribution in [3.05, 3.63) is 64.8 Å². The van der Waals surface area contributed by atoms with Crippen molar-refractivity contribution in [1.29, 1.82) is 5.26 Å². The Bertz CT molecular complexity index is 1720. The predicted octanol–water partition coefficient (Wildman–Crippen LogP) is 4.20. The average Bonchev–Trinajstić information content (AvgIpc) is 3.36. The van der Waals surface area contributed by atoms with Crippen molar-refractivity contribution in [3.8, 4) is 28.6 Å². The summed E-state index contributed by atoms with van der Waals surface area (Å²) in [7, 11) is 2.19. The summed E-state index contributed by atoms with van der Waals surface area (Å²) in [4.78, 5) is 40.4. The Morgan fingerprint density at radius 2 is 1.65 bits per heavy atom. The van der Waals surface area contributed by atoms with Crippen LogP contribution in [0.5, 0.6) is 0 Å². The zero-order chi connectivity index (χ0) is 28.1. The van der Waals surface area contributed by atoms with Gasteiger partial charge < -0.3 is 15.1 Å². The number of hydrogen-bond donors (Lipinski definition) is 3. The molecular weight excluding hydrogens is 536 g/mol. The summed E-state index contributed by atoms with van der Waals surface area (Å²) in [6.07, 6.45) is 1.41. The van der Waals surface area contributed by atoms with E-state index in [0.29, 0.717) is 35.2 Å². The van der Waals surface area contributed by atoms with E-state index in [9.17, 15) is 24.0 Å². The maximum Gasteiger partial charge on any atom is 0.439 e. The molecule has 204 valence electrons. The molecule has 40 heavy (non-hydrogen) atoms. The first-order chi connectivity index (χ1) is 19.1. The van der Waals surface area contributed by atoms with Gasteiger partial charge in [-0.15, -0.1) is 0 Å². The maximum absolute atomic E-state index is 14.6. The van der Waals surface area contributed by atoms with Crippen LogP contribution in [0, 0.1) is 11.3 Å². The molecule has 10 nitrogen and oxygen atoms in total. The van der Waals surface area contributed by atoms with Crippen molar-refractivity contribution >= 4 is 32.0 Å². The molecule has 6 rings (SSSR count). The first kappa shape index (κ1) is 26.0. The number of nitriles is 1. The van der Waals surface area contributed by atoms with E-state index in [2.05, 4.69) is 40.6 Å². The molecule has 2 saturated carbocycles. The van der Waals surface area contributed by atoms with Crippen LogP contribution in [-0.2, 0) is 4.79 Å². The van der Waals surface area contributed by atoms with Gasteiger partial charge in [0.15, 0.2) is 11.6 Å². The number of nitrogens with zero attached hydrogens (tertiary/aromatic N) is 2. The first-order valence-corrected chi connectivity index (χ1v) is 13.4. The summed E-state index contributed by atoms with van der Waals surface area (Å²) in [5, 5.41) is 17.9. The van der Waals surface area contributed by atoms with Gasteiger partial charge in [-0.05, 0) is 61.8 Å². The van der Waals surface area contributed by atoms with Gasteiger partial charge in [-0.1, -0.05) is 50.8 Å². The Balaban J connectivity index is 1.23. The fourth-order valence-corrected chi connectivity index (χ4v) is 5.29. The van der Waals surface area contributed by atoms with Crippen LogP contribution in [-0.4, -0.2) is 38.4 Å². The molecule has 0 saturated heterocycles. The Labute approximate surface area is 229 Å². The second-order valence-corrected chi connectivity index (χ2v) is 11.6. The number of H-pyrrole nitrogens is 1. The van der Waals surface area contributed by atoms with Crippen LogP contribution in [0.2, 0.25) is 0 Å². The molecule has 2 heterocycles. The Hall–Kier alpha value is -4.29. The van der Waals surface area contributed by atoms with Crippen LogP contribution < -0.4 is 16.4 Å². The van der Waals surface area contributed by atoms with E-state index in [1.54, 1.807) is 24.3 Å². The number of aromatic amines is 1. The lowest BCUT2D eigenvalue weighted by Crippen LogP contribution is -2.62. The maximum atomic E-state index is 14.6. The van der Waals surface area contributed by atoms with E-state index in [4.69, 9.17) is 4.42 Å². The number of rotatable bonds is 6. The zero-order valence-corrected chi connectivity index (χ0v) is 22.4. The van der Waals surface area contributed by atoms with E-state index in [0.717, 1.165) is 11.1 Å². The fraction of sp³-hybridized carbons (Fsp3) is 0.321. The summed E-state index contributed by atoms with van der Waals surface area (Å²) in [6.45, 7) is 0. The highest BCUT2D eigenvalue weighted by atomic mass is 31.0. The van der Waals surface area contributed by atoms with Crippen LogP contribution in [0.4, 0.5) is 4.39 Å². The molecule has 2 fully saturated rings. The molecule has 2 amide bonds. The van der Waals surface area contributed by atoms with Gasteiger partial charge in [-0.3, -0.25) is 19.1 Å². The second-order valence-electron chi connectivity index (χ2n) is 10.6. The van der Waals surface area contributed by atoms with Gasteiger partial charge in [-0.25, -0.2) is 9.18 Å². The molecule has 3 N–H and O–H groups in total. The van der Waals surface area contributed by atoms with Crippen LogP contribution in [0.25, 0.3) is 33.5 Å². The number of halogens is 1. The highest BCUT2D eigenvalue weighted by Crippen LogP contribution is 2.43. The molecule has 4 aromatic rings. The minimum absolute atomic E-state index is 0.0223. The van der Waals surface area contributed by atoms with E-state index in [1.165, 1.54) is 0 Å². The number of hydrogen-bond acceptors (Lipinski definition) is 7. The minimum atomic E-state index is -1.51. The van der Waals surface area contributed by atoms with Crippen molar-refractivity contribution in [1.82, 2.24) is 20.8 Å². The largest absolute Gasteiger partial charge is 0.451 e. The third-order valence-electron chi connectivity index (χ3n) is 7.71. The van der Waals surface area contributed by atoms with E-state index in [1.807, 2.05) is 24.3 Å². The molecule has 0 radical (unpaired) electrons. The normalized spacial score (nSPS) is 23.3. The smallest absolute Gasteiger partial charge is 0.439 e. The van der Waals surface area contributed by atoms with Gasteiger partial charge in [-0.2, -0.15) is 5.26 Å². The van der Waals surface area contributed by atoms with Crippen molar-refractivity contribution in [3.63, 3.8) is 0 Å². The number of carbonyl (C=O) groups is 2. The van der Waals surface area contributed by atoms with Gasteiger partial charge in [0.05, 0.1) is 6.07 Å². The third-order valence-corrected chi connectivity index (χ3v) is 8.29. The summed E-state index contributed by atoms with van der Waals surface area (Å²) in [5.74, 6) is -1.35. The quantitative estimate of drug-likeness (QED) is 0.298. The van der Waals surface area contributed by atoms with Gasteiger partial charge >= 0.3 is 5.76 Å². The van der Waals surface area contributed by atoms with E-state index < -0.39 is 34.1 Å². The standard InChI is InChI=1S/C28H25FN5O5P/c29-28(40)11-9-27(10-12-28,24(36)33-26(15-30)7-8-26)32-23(35)21-14-19-6-5-18(13-20(19)38-21)16-1-3-17(4-2-16)22-31-25(37)39-34-22/h1-6,13-14H,7-12,40H2,(H,32,35)(H,33,36)(H,31,34,37). The summed E-state index contributed by atoms with van der Waals surface area (Å²) in [5.41, 5.74) is 0.598. The summed E-state index contributed by atoms with van der Waals surface area (Å²) >= 11 is 0. The predicted molar refractivity (Wildman–Crippen MR) is 146 cm³/mol. The number of furan rings is 1. The number of nitrogens with one attached hydrogen (secondary N) is 3. The SMILES string of the molecule is N#CC1(NC(=O)C2(NC(=O)c3cc4ccc(-c5ccc(-c6noc(=O)[nH]6)cc5)cc4o3)CCC(F)(P)CC2)CC1. The third kappa shape index (κ3) is 4.91. The molecular formula is C28H25FN5O5P. The van der Waals surface area contributed by atoms with Gasteiger partial charge in [0.25, 0.3) is 5.91 Å². The average molecular weight is 562 g/mol. The minimum Gasteiger partial charge on any atom is -0.451 e. The van der Waals surface area contributed by atoms with Crippen LogP contribution in [0.15, 0.2) is 62.3 Å². The number of aromatic nitrogens is 2. The molecule has 2 aliphatic carbocycles. The Morgan fingerprint density at radius 1 is 0.975 bits per heavy atom. The number of alkyl halides is 1. The molecule has 0 bridgehead atoms. The highest BCUT2D eigenvalue weighted by molar-refractivity contribution is 7.18. The lowest BCUT2D eigenvalue weighted by atomic mass is 9.79.